The van der Waals surface area contributed by atoms with Crippen molar-refractivity contribution in [3.8, 4) is 29.7 Å². The molecule has 8 heteroatoms. The van der Waals surface area contributed by atoms with E-state index in [2.05, 4.69) is 18.2 Å². The SMILES string of the molecule is COc1ccc(OC)c(C2OC34CCCCC3C(C#N)(C(=N)O4)C2(C#N)C#N)c1. The standard InChI is InChI=1S/C21H20N4O4/c1-26-13-6-7-15(27-2)14(9-13)17-19(10-22,11-23)20(12-24)16-5-3-4-8-21(16,28-17)29-18(20)25/h6-7,9,16-17,25H,3-5,8H2,1-2H3. The van der Waals surface area contributed by atoms with Gasteiger partial charge in [-0.1, -0.05) is 6.42 Å². The number of nitrogens with one attached hydrogen (secondary N) is 1. The summed E-state index contributed by atoms with van der Waals surface area (Å²) in [5.41, 5.74) is -3.30. The largest absolute Gasteiger partial charge is 0.497 e. The maximum atomic E-state index is 10.3. The Bertz CT molecular complexity index is 989. The molecule has 1 aromatic carbocycles. The summed E-state index contributed by atoms with van der Waals surface area (Å²) in [5.74, 6) is -1.24. The molecule has 3 aliphatic rings. The van der Waals surface area contributed by atoms with Crippen LogP contribution in [0.2, 0.25) is 0 Å². The van der Waals surface area contributed by atoms with Gasteiger partial charge >= 0.3 is 0 Å². The molecule has 0 amide bonds. The highest BCUT2D eigenvalue weighted by molar-refractivity contribution is 5.89. The molecular formula is C21H20N4O4. The first kappa shape index (κ1) is 19.1. The van der Waals surface area contributed by atoms with Crippen LogP contribution in [0.25, 0.3) is 0 Å². The third kappa shape index (κ3) is 2.11. The van der Waals surface area contributed by atoms with Gasteiger partial charge in [0, 0.05) is 12.0 Å². The molecule has 2 saturated heterocycles. The van der Waals surface area contributed by atoms with E-state index in [1.165, 1.54) is 14.2 Å². The minimum atomic E-state index is -1.99. The van der Waals surface area contributed by atoms with Crippen molar-refractivity contribution in [2.24, 2.45) is 16.7 Å². The predicted molar refractivity (Wildman–Crippen MR) is 98.6 cm³/mol. The number of nitrogens with zero attached hydrogens (tertiary/aromatic N) is 3. The Hall–Kier alpha value is -3.28. The van der Waals surface area contributed by atoms with Crippen LogP contribution in [0.4, 0.5) is 0 Å². The van der Waals surface area contributed by atoms with E-state index in [0.717, 1.165) is 12.8 Å². The van der Waals surface area contributed by atoms with E-state index in [-0.39, 0.29) is 5.90 Å². The van der Waals surface area contributed by atoms with Crippen molar-refractivity contribution in [2.45, 2.75) is 37.6 Å². The highest BCUT2D eigenvalue weighted by atomic mass is 16.7. The third-order valence-electron chi connectivity index (χ3n) is 6.54. The quantitative estimate of drug-likeness (QED) is 0.835. The fraction of sp³-hybridized carbons (Fsp3) is 0.524. The van der Waals surface area contributed by atoms with Crippen molar-refractivity contribution in [3.05, 3.63) is 23.8 Å². The second kappa shape index (κ2) is 6.37. The first-order valence-corrected chi connectivity index (χ1v) is 9.40. The molecule has 0 spiro atoms. The van der Waals surface area contributed by atoms with Gasteiger partial charge in [-0.2, -0.15) is 15.8 Å². The van der Waals surface area contributed by atoms with Crippen LogP contribution in [-0.2, 0) is 9.47 Å². The van der Waals surface area contributed by atoms with Crippen LogP contribution in [0.5, 0.6) is 11.5 Å². The molecule has 4 unspecified atom stereocenters. The van der Waals surface area contributed by atoms with E-state index in [1.807, 2.05) is 0 Å². The van der Waals surface area contributed by atoms with Gasteiger partial charge in [0.25, 0.3) is 0 Å². The van der Waals surface area contributed by atoms with Crippen molar-refractivity contribution in [1.29, 1.82) is 21.2 Å². The van der Waals surface area contributed by atoms with Crippen LogP contribution in [0.3, 0.4) is 0 Å². The summed E-state index contributed by atoms with van der Waals surface area (Å²) < 4.78 is 23.1. The third-order valence-corrected chi connectivity index (χ3v) is 6.54. The summed E-state index contributed by atoms with van der Waals surface area (Å²) in [4.78, 5) is 0. The normalized spacial score (nSPS) is 34.0. The Morgan fingerprint density at radius 2 is 1.86 bits per heavy atom. The molecule has 0 radical (unpaired) electrons. The molecule has 4 atom stereocenters. The van der Waals surface area contributed by atoms with E-state index in [4.69, 9.17) is 24.4 Å². The average molecular weight is 392 g/mol. The predicted octanol–water partition coefficient (Wildman–Crippen LogP) is 3.21. The number of nitriles is 3. The summed E-state index contributed by atoms with van der Waals surface area (Å²) in [7, 11) is 2.98. The van der Waals surface area contributed by atoms with Crippen LogP contribution < -0.4 is 9.47 Å². The Morgan fingerprint density at radius 1 is 1.10 bits per heavy atom. The van der Waals surface area contributed by atoms with E-state index in [1.54, 1.807) is 18.2 Å². The van der Waals surface area contributed by atoms with Gasteiger partial charge in [0.1, 0.15) is 17.6 Å². The van der Waals surface area contributed by atoms with Gasteiger partial charge in [0.05, 0.1) is 38.3 Å². The summed E-state index contributed by atoms with van der Waals surface area (Å²) in [6.45, 7) is 0. The molecule has 29 heavy (non-hydrogen) atoms. The van der Waals surface area contributed by atoms with Gasteiger partial charge in [-0.15, -0.1) is 0 Å². The lowest BCUT2D eigenvalue weighted by molar-refractivity contribution is -0.294. The zero-order chi connectivity index (χ0) is 20.9. The lowest BCUT2D eigenvalue weighted by Gasteiger charge is -2.51. The van der Waals surface area contributed by atoms with Crippen molar-refractivity contribution in [2.75, 3.05) is 14.2 Å². The number of benzene rings is 1. The number of hydrogen-bond acceptors (Lipinski definition) is 8. The first-order chi connectivity index (χ1) is 14.0. The van der Waals surface area contributed by atoms with Gasteiger partial charge in [0.15, 0.2) is 5.41 Å². The van der Waals surface area contributed by atoms with Crippen LogP contribution in [0, 0.1) is 56.2 Å². The van der Waals surface area contributed by atoms with Crippen LogP contribution in [-0.4, -0.2) is 25.9 Å². The first-order valence-electron chi connectivity index (χ1n) is 9.40. The molecule has 1 aliphatic carbocycles. The van der Waals surface area contributed by atoms with Gasteiger partial charge in [-0.25, -0.2) is 0 Å². The number of rotatable bonds is 3. The highest BCUT2D eigenvalue weighted by Crippen LogP contribution is 2.70. The maximum absolute atomic E-state index is 10.3. The molecule has 2 aliphatic heterocycles. The molecule has 0 aromatic heterocycles. The number of hydrogen-bond donors (Lipinski definition) is 1. The van der Waals surface area contributed by atoms with Crippen molar-refractivity contribution < 1.29 is 18.9 Å². The average Bonchev–Trinajstić information content (AvgIpc) is 2.97. The Kier molecular flexibility index (Phi) is 4.19. The van der Waals surface area contributed by atoms with Gasteiger partial charge < -0.3 is 18.9 Å². The Morgan fingerprint density at radius 3 is 2.48 bits per heavy atom. The van der Waals surface area contributed by atoms with Gasteiger partial charge in [-0.05, 0) is 31.0 Å². The van der Waals surface area contributed by atoms with Crippen molar-refractivity contribution >= 4 is 5.90 Å². The zero-order valence-electron chi connectivity index (χ0n) is 16.2. The fourth-order valence-corrected chi connectivity index (χ4v) is 5.18. The van der Waals surface area contributed by atoms with Crippen molar-refractivity contribution in [3.63, 3.8) is 0 Å². The molecule has 1 N–H and O–H groups in total. The molecule has 3 fully saturated rings. The summed E-state index contributed by atoms with van der Waals surface area (Å²) in [6.07, 6.45) is 1.50. The summed E-state index contributed by atoms with van der Waals surface area (Å²) in [6, 6.07) is 11.3. The zero-order valence-corrected chi connectivity index (χ0v) is 16.2. The fourth-order valence-electron chi connectivity index (χ4n) is 5.18. The lowest BCUT2D eigenvalue weighted by atomic mass is 9.51. The Balaban J connectivity index is 2.02. The van der Waals surface area contributed by atoms with E-state index in [0.29, 0.717) is 29.9 Å². The van der Waals surface area contributed by atoms with E-state index < -0.39 is 28.6 Å². The molecule has 148 valence electrons. The molecule has 2 bridgehead atoms. The van der Waals surface area contributed by atoms with E-state index >= 15 is 0 Å². The molecule has 1 saturated carbocycles. The molecule has 2 heterocycles. The van der Waals surface area contributed by atoms with Crippen LogP contribution in [0.15, 0.2) is 18.2 Å². The van der Waals surface area contributed by atoms with Gasteiger partial charge in [-0.3, -0.25) is 5.41 Å². The summed E-state index contributed by atoms with van der Waals surface area (Å²) >= 11 is 0. The topological polar surface area (TPSA) is 132 Å². The smallest absolute Gasteiger partial charge is 0.217 e. The summed E-state index contributed by atoms with van der Waals surface area (Å²) in [5, 5.41) is 39.3. The second-order valence-electron chi connectivity index (χ2n) is 7.60. The highest BCUT2D eigenvalue weighted by Gasteiger charge is 2.80. The minimum Gasteiger partial charge on any atom is -0.497 e. The molecular weight excluding hydrogens is 372 g/mol. The molecule has 1 aromatic rings. The van der Waals surface area contributed by atoms with Crippen LogP contribution in [0.1, 0.15) is 37.4 Å². The number of methoxy groups -OCH3 is 2. The maximum Gasteiger partial charge on any atom is 0.217 e. The number of ether oxygens (including phenoxy) is 4. The molecule has 8 nitrogen and oxygen atoms in total. The second-order valence-corrected chi connectivity index (χ2v) is 7.60. The van der Waals surface area contributed by atoms with Gasteiger partial charge in [0.2, 0.25) is 17.1 Å². The van der Waals surface area contributed by atoms with Crippen LogP contribution >= 0.6 is 0 Å². The van der Waals surface area contributed by atoms with Crippen molar-refractivity contribution in [1.82, 2.24) is 0 Å². The Labute approximate surface area is 168 Å². The minimum absolute atomic E-state index is 0.362. The molecule has 4 rings (SSSR count). The lowest BCUT2D eigenvalue weighted by Crippen LogP contribution is -2.60. The van der Waals surface area contributed by atoms with E-state index in [9.17, 15) is 15.8 Å². The monoisotopic (exact) mass is 392 g/mol.